The average Bonchev–Trinajstić information content (AvgIpc) is 2.72. The van der Waals surface area contributed by atoms with Gasteiger partial charge in [-0.1, -0.05) is 42.0 Å². The summed E-state index contributed by atoms with van der Waals surface area (Å²) in [6.07, 6.45) is 0. The molecule has 0 bridgehead atoms. The summed E-state index contributed by atoms with van der Waals surface area (Å²) in [5, 5.41) is 0.448. The normalized spacial score (nSPS) is 10.9. The number of para-hydroxylation sites is 1. The molecule has 1 amide bonds. The lowest BCUT2D eigenvalue weighted by Gasteiger charge is -2.15. The summed E-state index contributed by atoms with van der Waals surface area (Å²) in [6, 6.07) is 20.3. The maximum atomic E-state index is 13.2. The van der Waals surface area contributed by atoms with Gasteiger partial charge in [-0.15, -0.1) is 0 Å². The molecule has 1 N–H and O–H groups in total. The molecule has 0 aliphatic carbocycles. The Bertz CT molecular complexity index is 1310. The molecule has 0 aliphatic heterocycles. The van der Waals surface area contributed by atoms with Crippen LogP contribution in [0.3, 0.4) is 0 Å². The van der Waals surface area contributed by atoms with Crippen LogP contribution in [-0.4, -0.2) is 15.6 Å². The Hall–Kier alpha value is -3.73. The van der Waals surface area contributed by atoms with Gasteiger partial charge in [0, 0.05) is 11.1 Å². The number of carbonyl (C=O) groups excluding carboxylic acids is 1. The van der Waals surface area contributed by atoms with Crippen LogP contribution in [0, 0.1) is 20.8 Å². The van der Waals surface area contributed by atoms with Crippen molar-refractivity contribution >= 4 is 16.8 Å². The monoisotopic (exact) mass is 383 g/mol. The van der Waals surface area contributed by atoms with Crippen LogP contribution >= 0.6 is 0 Å². The van der Waals surface area contributed by atoms with Gasteiger partial charge in [-0.25, -0.2) is 4.98 Å². The molecule has 29 heavy (non-hydrogen) atoms. The number of carbonyl (C=O) groups is 1. The predicted molar refractivity (Wildman–Crippen MR) is 116 cm³/mol. The van der Waals surface area contributed by atoms with E-state index in [1.807, 2.05) is 63.2 Å². The molecule has 0 spiro atoms. The van der Waals surface area contributed by atoms with Crippen LogP contribution in [0.25, 0.3) is 22.3 Å². The highest BCUT2D eigenvalue weighted by molar-refractivity contribution is 6.00. The minimum atomic E-state index is -0.360. The minimum absolute atomic E-state index is 0.315. The summed E-state index contributed by atoms with van der Waals surface area (Å²) in [7, 11) is 0. The van der Waals surface area contributed by atoms with Crippen molar-refractivity contribution in [1.82, 2.24) is 9.66 Å². The zero-order chi connectivity index (χ0) is 20.5. The fraction of sp³-hybridized carbons (Fsp3) is 0.125. The summed E-state index contributed by atoms with van der Waals surface area (Å²) in [6.45, 7) is 5.92. The van der Waals surface area contributed by atoms with Gasteiger partial charge in [0.15, 0.2) is 5.82 Å². The maximum Gasteiger partial charge on any atom is 0.280 e. The molecule has 1 heterocycles. The van der Waals surface area contributed by atoms with E-state index >= 15 is 0 Å². The quantitative estimate of drug-likeness (QED) is 0.571. The number of hydrogen-bond donors (Lipinski definition) is 1. The highest BCUT2D eigenvalue weighted by atomic mass is 16.2. The molecule has 1 aromatic heterocycles. The van der Waals surface area contributed by atoms with Crippen molar-refractivity contribution in [1.29, 1.82) is 0 Å². The molecular formula is C24H21N3O2. The lowest BCUT2D eigenvalue weighted by molar-refractivity contribution is 0.101. The molecule has 0 radical (unpaired) electrons. The SMILES string of the molecule is Cc1cccc(-c2nc3ccccc3c(=O)n2NC(=O)c2ccc(C)c(C)c2)c1. The first-order chi connectivity index (χ1) is 13.9. The number of amides is 1. The molecule has 0 atom stereocenters. The van der Waals surface area contributed by atoms with Crippen molar-refractivity contribution in [3.8, 4) is 11.4 Å². The second-order valence-corrected chi connectivity index (χ2v) is 7.20. The van der Waals surface area contributed by atoms with Crippen molar-refractivity contribution < 1.29 is 4.79 Å². The first-order valence-electron chi connectivity index (χ1n) is 9.41. The second kappa shape index (κ2) is 7.36. The molecule has 0 fully saturated rings. The zero-order valence-corrected chi connectivity index (χ0v) is 16.6. The molecular weight excluding hydrogens is 362 g/mol. The molecule has 0 aliphatic rings. The Morgan fingerprint density at radius 2 is 1.69 bits per heavy atom. The van der Waals surface area contributed by atoms with Crippen LogP contribution in [0.4, 0.5) is 0 Å². The van der Waals surface area contributed by atoms with E-state index in [-0.39, 0.29) is 11.5 Å². The number of benzene rings is 3. The maximum absolute atomic E-state index is 13.2. The molecule has 144 valence electrons. The summed E-state index contributed by atoms with van der Waals surface area (Å²) >= 11 is 0. The van der Waals surface area contributed by atoms with Gasteiger partial charge in [0.05, 0.1) is 10.9 Å². The Morgan fingerprint density at radius 3 is 2.45 bits per heavy atom. The highest BCUT2D eigenvalue weighted by Gasteiger charge is 2.16. The summed E-state index contributed by atoms with van der Waals surface area (Å²) in [5.41, 5.74) is 7.43. The van der Waals surface area contributed by atoms with Gasteiger partial charge in [-0.3, -0.25) is 15.0 Å². The van der Waals surface area contributed by atoms with E-state index in [1.54, 1.807) is 24.3 Å². The third-order valence-electron chi connectivity index (χ3n) is 5.03. The van der Waals surface area contributed by atoms with Crippen molar-refractivity contribution in [3.63, 3.8) is 0 Å². The van der Waals surface area contributed by atoms with Crippen molar-refractivity contribution in [2.75, 3.05) is 5.43 Å². The highest BCUT2D eigenvalue weighted by Crippen LogP contribution is 2.20. The Labute approximate surface area is 168 Å². The fourth-order valence-corrected chi connectivity index (χ4v) is 3.26. The van der Waals surface area contributed by atoms with E-state index in [0.717, 1.165) is 22.3 Å². The van der Waals surface area contributed by atoms with Gasteiger partial charge in [0.1, 0.15) is 0 Å². The van der Waals surface area contributed by atoms with E-state index < -0.39 is 0 Å². The Kier molecular flexibility index (Phi) is 4.72. The van der Waals surface area contributed by atoms with Crippen LogP contribution in [0.15, 0.2) is 71.5 Å². The summed E-state index contributed by atoms with van der Waals surface area (Å²) in [5.74, 6) is 0.0377. The smallest absolute Gasteiger partial charge is 0.267 e. The molecule has 0 saturated heterocycles. The largest absolute Gasteiger partial charge is 0.280 e. The summed E-state index contributed by atoms with van der Waals surface area (Å²) in [4.78, 5) is 30.8. The molecule has 5 heteroatoms. The second-order valence-electron chi connectivity index (χ2n) is 7.20. The van der Waals surface area contributed by atoms with Gasteiger partial charge in [0.25, 0.3) is 11.5 Å². The van der Waals surface area contributed by atoms with Crippen LogP contribution in [-0.2, 0) is 0 Å². The topological polar surface area (TPSA) is 64.0 Å². The van der Waals surface area contributed by atoms with E-state index in [9.17, 15) is 9.59 Å². The van der Waals surface area contributed by atoms with Crippen LogP contribution in [0.5, 0.6) is 0 Å². The number of rotatable bonds is 3. The molecule has 0 saturated carbocycles. The first-order valence-corrected chi connectivity index (χ1v) is 9.41. The lowest BCUT2D eigenvalue weighted by atomic mass is 10.1. The minimum Gasteiger partial charge on any atom is -0.267 e. The number of aromatic nitrogens is 2. The van der Waals surface area contributed by atoms with E-state index in [2.05, 4.69) is 10.4 Å². The molecule has 0 unspecified atom stereocenters. The number of nitrogens with zero attached hydrogens (tertiary/aromatic N) is 2. The van der Waals surface area contributed by atoms with Gasteiger partial charge >= 0.3 is 0 Å². The molecule has 5 nitrogen and oxygen atoms in total. The number of fused-ring (bicyclic) bond motifs is 1. The van der Waals surface area contributed by atoms with Gasteiger partial charge < -0.3 is 0 Å². The van der Waals surface area contributed by atoms with E-state index in [1.165, 1.54) is 4.68 Å². The zero-order valence-electron chi connectivity index (χ0n) is 16.6. The first kappa shape index (κ1) is 18.6. The van der Waals surface area contributed by atoms with Gasteiger partial charge in [0.2, 0.25) is 0 Å². The van der Waals surface area contributed by atoms with Gasteiger partial charge in [-0.05, 0) is 62.2 Å². The van der Waals surface area contributed by atoms with Crippen molar-refractivity contribution in [2.24, 2.45) is 0 Å². The number of nitrogens with one attached hydrogen (secondary N) is 1. The molecule has 3 aromatic carbocycles. The Balaban J connectivity index is 1.88. The van der Waals surface area contributed by atoms with Crippen LogP contribution < -0.4 is 11.0 Å². The number of aryl methyl sites for hydroxylation is 3. The standard InChI is InChI=1S/C24H21N3O2/c1-15-7-6-8-18(13-15)22-25-21-10-5-4-9-20(21)24(29)27(22)26-23(28)19-12-11-16(2)17(3)14-19/h4-14H,1-3H3,(H,26,28). The lowest BCUT2D eigenvalue weighted by Crippen LogP contribution is -2.35. The third kappa shape index (κ3) is 3.55. The number of hydrogen-bond acceptors (Lipinski definition) is 3. The van der Waals surface area contributed by atoms with Crippen molar-refractivity contribution in [3.05, 3.63) is 99.3 Å². The van der Waals surface area contributed by atoms with E-state index in [0.29, 0.717) is 22.3 Å². The van der Waals surface area contributed by atoms with E-state index in [4.69, 9.17) is 0 Å². The molecule has 4 aromatic rings. The third-order valence-corrected chi connectivity index (χ3v) is 5.03. The fourth-order valence-electron chi connectivity index (χ4n) is 3.26. The van der Waals surface area contributed by atoms with Crippen LogP contribution in [0.2, 0.25) is 0 Å². The molecule has 4 rings (SSSR count). The average molecular weight is 383 g/mol. The van der Waals surface area contributed by atoms with Crippen molar-refractivity contribution in [2.45, 2.75) is 20.8 Å². The summed E-state index contributed by atoms with van der Waals surface area (Å²) < 4.78 is 1.24. The van der Waals surface area contributed by atoms with Gasteiger partial charge in [-0.2, -0.15) is 4.68 Å². The predicted octanol–water partition coefficient (Wildman–Crippen LogP) is 4.37. The Morgan fingerprint density at radius 1 is 0.897 bits per heavy atom. The van der Waals surface area contributed by atoms with Crippen LogP contribution in [0.1, 0.15) is 27.0 Å².